The highest BCUT2D eigenvalue weighted by Crippen LogP contribution is 2.27. The van der Waals surface area contributed by atoms with Crippen molar-refractivity contribution in [3.8, 4) is 17.2 Å². The van der Waals surface area contributed by atoms with Crippen LogP contribution in [0, 0.1) is 0 Å². The second-order valence-electron chi connectivity index (χ2n) is 7.78. The molecule has 4 rings (SSSR count). The quantitative estimate of drug-likeness (QED) is 0.492. The summed E-state index contributed by atoms with van der Waals surface area (Å²) in [6.45, 7) is 1.40. The maximum atomic E-state index is 12.6. The molecule has 6 nitrogen and oxygen atoms in total. The second-order valence-corrected chi connectivity index (χ2v) is 7.78. The number of aromatic hydroxyl groups is 1. The van der Waals surface area contributed by atoms with E-state index in [4.69, 9.17) is 18.9 Å². The Morgan fingerprint density at radius 1 is 0.903 bits per heavy atom. The van der Waals surface area contributed by atoms with Crippen LogP contribution in [0.25, 0.3) is 6.08 Å². The number of ketones is 1. The van der Waals surface area contributed by atoms with Crippen LogP contribution >= 0.6 is 0 Å². The zero-order valence-corrected chi connectivity index (χ0v) is 17.5. The van der Waals surface area contributed by atoms with Gasteiger partial charge in [-0.3, -0.25) is 4.79 Å². The van der Waals surface area contributed by atoms with Crippen LogP contribution in [0.2, 0.25) is 0 Å². The van der Waals surface area contributed by atoms with Crippen molar-refractivity contribution < 1.29 is 28.8 Å². The minimum atomic E-state index is -0.303. The molecule has 0 bridgehead atoms. The molecule has 0 spiro atoms. The van der Waals surface area contributed by atoms with Crippen LogP contribution in [0.15, 0.2) is 48.5 Å². The third-order valence-electron chi connectivity index (χ3n) is 5.33. The molecular weight excluding hydrogens is 396 g/mol. The van der Waals surface area contributed by atoms with Crippen molar-refractivity contribution in [2.75, 3.05) is 13.2 Å². The molecule has 0 saturated carbocycles. The summed E-state index contributed by atoms with van der Waals surface area (Å²) in [5.41, 5.74) is 1.05. The third-order valence-corrected chi connectivity index (χ3v) is 5.33. The van der Waals surface area contributed by atoms with E-state index >= 15 is 0 Å². The number of hydrogen-bond donors (Lipinski definition) is 1. The van der Waals surface area contributed by atoms with Crippen molar-refractivity contribution in [3.05, 3.63) is 59.7 Å². The lowest BCUT2D eigenvalue weighted by molar-refractivity contribution is -0.106. The smallest absolute Gasteiger partial charge is 0.199 e. The first-order valence-electron chi connectivity index (χ1n) is 10.9. The van der Waals surface area contributed by atoms with Gasteiger partial charge in [0.1, 0.15) is 17.2 Å². The Bertz CT molecular complexity index is 910. The minimum Gasteiger partial charge on any atom is -0.507 e. The number of carbonyl (C=O) groups is 1. The Balaban J connectivity index is 1.37. The fraction of sp³-hybridized carbons (Fsp3) is 0.400. The van der Waals surface area contributed by atoms with Gasteiger partial charge in [-0.15, -0.1) is 0 Å². The Kier molecular flexibility index (Phi) is 7.22. The van der Waals surface area contributed by atoms with E-state index in [1.54, 1.807) is 18.2 Å². The summed E-state index contributed by atoms with van der Waals surface area (Å²) in [6.07, 6.45) is 8.58. The van der Waals surface area contributed by atoms with Crippen LogP contribution in [0.3, 0.4) is 0 Å². The summed E-state index contributed by atoms with van der Waals surface area (Å²) < 4.78 is 22.8. The molecule has 2 aliphatic heterocycles. The molecule has 2 unspecified atom stereocenters. The predicted molar refractivity (Wildman–Crippen MR) is 116 cm³/mol. The normalized spacial score (nSPS) is 21.7. The van der Waals surface area contributed by atoms with E-state index in [2.05, 4.69) is 0 Å². The molecule has 2 heterocycles. The topological polar surface area (TPSA) is 74.2 Å². The molecule has 6 heteroatoms. The minimum absolute atomic E-state index is 0.116. The first-order valence-corrected chi connectivity index (χ1v) is 10.9. The van der Waals surface area contributed by atoms with Crippen molar-refractivity contribution in [1.82, 2.24) is 0 Å². The lowest BCUT2D eigenvalue weighted by Crippen LogP contribution is -2.24. The van der Waals surface area contributed by atoms with Crippen LogP contribution in [0.1, 0.15) is 54.4 Å². The molecule has 0 amide bonds. The van der Waals surface area contributed by atoms with Crippen LogP contribution in [0.4, 0.5) is 0 Å². The standard InChI is InChI=1S/C25H28O6/c26-22(21-12-11-20(17-23(21)27)31-25-9-2-4-15-29-25)13-10-18-6-5-7-19(16-18)30-24-8-1-3-14-28-24/h5-7,10-13,16-17,24-25,27H,1-4,8-9,14-15H2/b13-10+. The molecule has 2 aliphatic rings. The molecular formula is C25H28O6. The van der Waals surface area contributed by atoms with Crippen LogP contribution < -0.4 is 9.47 Å². The fourth-order valence-corrected chi connectivity index (χ4v) is 3.66. The van der Waals surface area contributed by atoms with E-state index in [9.17, 15) is 9.90 Å². The molecule has 2 aromatic carbocycles. The van der Waals surface area contributed by atoms with Crippen molar-refractivity contribution >= 4 is 11.9 Å². The van der Waals surface area contributed by atoms with Crippen molar-refractivity contribution in [1.29, 1.82) is 0 Å². The average molecular weight is 424 g/mol. The number of carbonyl (C=O) groups excluding carboxylic acids is 1. The molecule has 2 atom stereocenters. The van der Waals surface area contributed by atoms with E-state index < -0.39 is 0 Å². The number of allylic oxidation sites excluding steroid dienone is 1. The summed E-state index contributed by atoms with van der Waals surface area (Å²) in [4.78, 5) is 12.6. The molecule has 2 fully saturated rings. The van der Waals surface area contributed by atoms with Crippen molar-refractivity contribution in [3.63, 3.8) is 0 Å². The van der Waals surface area contributed by atoms with Gasteiger partial charge in [0.25, 0.3) is 0 Å². The summed E-state index contributed by atoms with van der Waals surface area (Å²) >= 11 is 0. The SMILES string of the molecule is O=C(/C=C/c1cccc(OC2CCCCO2)c1)c1ccc(OC2CCCCO2)cc1O. The van der Waals surface area contributed by atoms with Crippen LogP contribution in [0.5, 0.6) is 17.2 Å². The van der Waals surface area contributed by atoms with Gasteiger partial charge in [0, 0.05) is 18.9 Å². The monoisotopic (exact) mass is 424 g/mol. The van der Waals surface area contributed by atoms with Gasteiger partial charge in [-0.05, 0) is 61.6 Å². The lowest BCUT2D eigenvalue weighted by Gasteiger charge is -2.23. The van der Waals surface area contributed by atoms with Gasteiger partial charge in [0.05, 0.1) is 18.8 Å². The number of rotatable bonds is 7. The fourth-order valence-electron chi connectivity index (χ4n) is 3.66. The maximum absolute atomic E-state index is 12.6. The highest BCUT2D eigenvalue weighted by Gasteiger charge is 2.17. The highest BCUT2D eigenvalue weighted by atomic mass is 16.7. The van der Waals surface area contributed by atoms with Crippen LogP contribution in [-0.2, 0) is 9.47 Å². The summed E-state index contributed by atoms with van der Waals surface area (Å²) in [6, 6.07) is 12.2. The number of benzene rings is 2. The number of phenolic OH excluding ortho intramolecular Hbond substituents is 1. The molecule has 0 aromatic heterocycles. The van der Waals surface area contributed by atoms with Gasteiger partial charge in [-0.25, -0.2) is 0 Å². The van der Waals surface area contributed by atoms with E-state index in [0.717, 1.165) is 50.7 Å². The van der Waals surface area contributed by atoms with Gasteiger partial charge in [0.15, 0.2) is 18.4 Å². The predicted octanol–water partition coefficient (Wildman–Crippen LogP) is 5.10. The first-order chi connectivity index (χ1) is 15.2. The number of phenols is 1. The van der Waals surface area contributed by atoms with E-state index in [-0.39, 0.29) is 29.7 Å². The van der Waals surface area contributed by atoms with E-state index in [0.29, 0.717) is 18.1 Å². The Morgan fingerprint density at radius 3 is 2.19 bits per heavy atom. The van der Waals surface area contributed by atoms with E-state index in [1.807, 2.05) is 24.3 Å². The second kappa shape index (κ2) is 10.5. The zero-order chi connectivity index (χ0) is 21.5. The Morgan fingerprint density at radius 2 is 1.58 bits per heavy atom. The van der Waals surface area contributed by atoms with Gasteiger partial charge in [0.2, 0.25) is 0 Å². The first kappa shape index (κ1) is 21.4. The molecule has 31 heavy (non-hydrogen) atoms. The molecule has 0 radical (unpaired) electrons. The summed E-state index contributed by atoms with van der Waals surface area (Å²) in [5, 5.41) is 10.3. The maximum Gasteiger partial charge on any atom is 0.199 e. The number of hydrogen-bond acceptors (Lipinski definition) is 6. The van der Waals surface area contributed by atoms with Crippen molar-refractivity contribution in [2.45, 2.75) is 51.1 Å². The molecule has 2 saturated heterocycles. The molecule has 0 aliphatic carbocycles. The largest absolute Gasteiger partial charge is 0.507 e. The van der Waals surface area contributed by atoms with Gasteiger partial charge in [-0.2, -0.15) is 0 Å². The van der Waals surface area contributed by atoms with Gasteiger partial charge in [-0.1, -0.05) is 18.2 Å². The highest BCUT2D eigenvalue weighted by molar-refractivity contribution is 6.08. The summed E-state index contributed by atoms with van der Waals surface area (Å²) in [5.74, 6) is 0.782. The molecule has 1 N–H and O–H groups in total. The molecule has 164 valence electrons. The average Bonchev–Trinajstić information content (AvgIpc) is 2.79. The number of ether oxygens (including phenoxy) is 4. The lowest BCUT2D eigenvalue weighted by atomic mass is 10.1. The molecule has 2 aromatic rings. The Labute approximate surface area is 182 Å². The Hall–Kier alpha value is -2.83. The van der Waals surface area contributed by atoms with Crippen LogP contribution in [-0.4, -0.2) is 36.7 Å². The third kappa shape index (κ3) is 6.09. The zero-order valence-electron chi connectivity index (χ0n) is 17.5. The van der Waals surface area contributed by atoms with Gasteiger partial charge < -0.3 is 24.1 Å². The van der Waals surface area contributed by atoms with E-state index in [1.165, 1.54) is 12.1 Å². The van der Waals surface area contributed by atoms with Crippen molar-refractivity contribution in [2.24, 2.45) is 0 Å². The van der Waals surface area contributed by atoms with Gasteiger partial charge >= 0.3 is 0 Å². The summed E-state index contributed by atoms with van der Waals surface area (Å²) in [7, 11) is 0.